The number of benzene rings is 2. The number of halogens is 1. The van der Waals surface area contributed by atoms with Crippen LogP contribution in [0, 0.1) is 5.82 Å². The molecule has 106 valence electrons. The van der Waals surface area contributed by atoms with E-state index in [1.165, 1.54) is 17.7 Å². The fourth-order valence-electron chi connectivity index (χ4n) is 2.17. The van der Waals surface area contributed by atoms with E-state index in [2.05, 4.69) is 12.2 Å². The summed E-state index contributed by atoms with van der Waals surface area (Å²) in [4.78, 5) is 0. The zero-order chi connectivity index (χ0) is 14.4. The zero-order valence-electron chi connectivity index (χ0n) is 11.6. The topological polar surface area (TPSA) is 32.3 Å². The third-order valence-electron chi connectivity index (χ3n) is 3.30. The SMILES string of the molecule is CC(Cc1ccc(F)cc1)NCCc1ccc(O)cc1. The molecule has 0 saturated carbocycles. The second-order valence-electron chi connectivity index (χ2n) is 5.10. The highest BCUT2D eigenvalue weighted by atomic mass is 19.1. The highest BCUT2D eigenvalue weighted by Gasteiger charge is 2.03. The van der Waals surface area contributed by atoms with Crippen molar-refractivity contribution in [1.82, 2.24) is 5.32 Å². The van der Waals surface area contributed by atoms with E-state index in [4.69, 9.17) is 0 Å². The molecule has 0 radical (unpaired) electrons. The Kier molecular flexibility index (Phi) is 5.13. The molecule has 0 amide bonds. The van der Waals surface area contributed by atoms with Crippen molar-refractivity contribution < 1.29 is 9.50 Å². The van der Waals surface area contributed by atoms with E-state index in [1.54, 1.807) is 12.1 Å². The van der Waals surface area contributed by atoms with E-state index in [0.717, 1.165) is 24.9 Å². The third-order valence-corrected chi connectivity index (χ3v) is 3.30. The lowest BCUT2D eigenvalue weighted by molar-refractivity contribution is 0.475. The molecule has 1 atom stereocenters. The number of hydrogen-bond acceptors (Lipinski definition) is 2. The molecule has 0 aliphatic heterocycles. The Balaban J connectivity index is 1.73. The summed E-state index contributed by atoms with van der Waals surface area (Å²) in [6.07, 6.45) is 1.81. The summed E-state index contributed by atoms with van der Waals surface area (Å²) >= 11 is 0. The van der Waals surface area contributed by atoms with Crippen molar-refractivity contribution in [3.63, 3.8) is 0 Å². The molecule has 20 heavy (non-hydrogen) atoms. The molecule has 0 saturated heterocycles. The fraction of sp³-hybridized carbons (Fsp3) is 0.294. The molecule has 2 aromatic carbocycles. The lowest BCUT2D eigenvalue weighted by Crippen LogP contribution is -2.29. The lowest BCUT2D eigenvalue weighted by atomic mass is 10.1. The largest absolute Gasteiger partial charge is 0.508 e. The van der Waals surface area contributed by atoms with Gasteiger partial charge in [-0.3, -0.25) is 0 Å². The van der Waals surface area contributed by atoms with Gasteiger partial charge in [-0.05, 0) is 61.7 Å². The van der Waals surface area contributed by atoms with Gasteiger partial charge in [0.15, 0.2) is 0 Å². The number of phenolic OH excluding ortho intramolecular Hbond substituents is 1. The fourth-order valence-corrected chi connectivity index (χ4v) is 2.17. The van der Waals surface area contributed by atoms with Gasteiger partial charge < -0.3 is 10.4 Å². The Bertz CT molecular complexity index is 522. The quantitative estimate of drug-likeness (QED) is 0.846. The Morgan fingerprint density at radius 1 is 1.00 bits per heavy atom. The summed E-state index contributed by atoms with van der Waals surface area (Å²) in [6, 6.07) is 14.3. The van der Waals surface area contributed by atoms with Crippen LogP contribution in [0.5, 0.6) is 5.75 Å². The predicted octanol–water partition coefficient (Wildman–Crippen LogP) is 3.29. The molecule has 2 aromatic rings. The molecule has 0 spiro atoms. The summed E-state index contributed by atoms with van der Waals surface area (Å²) in [5, 5.41) is 12.7. The first kappa shape index (κ1) is 14.5. The molecule has 2 nitrogen and oxygen atoms in total. The number of aromatic hydroxyl groups is 1. The van der Waals surface area contributed by atoms with Gasteiger partial charge in [-0.15, -0.1) is 0 Å². The van der Waals surface area contributed by atoms with E-state index in [1.807, 2.05) is 24.3 Å². The van der Waals surface area contributed by atoms with Crippen LogP contribution in [0.4, 0.5) is 4.39 Å². The minimum atomic E-state index is -0.193. The van der Waals surface area contributed by atoms with Crippen molar-refractivity contribution in [3.05, 3.63) is 65.5 Å². The molecule has 0 heterocycles. The average molecular weight is 273 g/mol. The van der Waals surface area contributed by atoms with Gasteiger partial charge in [-0.2, -0.15) is 0 Å². The number of phenols is 1. The first-order chi connectivity index (χ1) is 9.63. The first-order valence-electron chi connectivity index (χ1n) is 6.89. The zero-order valence-corrected chi connectivity index (χ0v) is 11.6. The smallest absolute Gasteiger partial charge is 0.123 e. The van der Waals surface area contributed by atoms with E-state index in [-0.39, 0.29) is 5.82 Å². The number of nitrogens with one attached hydrogen (secondary N) is 1. The van der Waals surface area contributed by atoms with Gasteiger partial charge in [-0.25, -0.2) is 4.39 Å². The van der Waals surface area contributed by atoms with Gasteiger partial charge in [0.1, 0.15) is 11.6 Å². The van der Waals surface area contributed by atoms with Gasteiger partial charge in [0.05, 0.1) is 0 Å². The van der Waals surface area contributed by atoms with Crippen LogP contribution in [-0.2, 0) is 12.8 Å². The van der Waals surface area contributed by atoms with Crippen LogP contribution in [0.3, 0.4) is 0 Å². The van der Waals surface area contributed by atoms with Crippen molar-refractivity contribution in [2.24, 2.45) is 0 Å². The highest BCUT2D eigenvalue weighted by molar-refractivity contribution is 5.26. The Morgan fingerprint density at radius 2 is 1.60 bits per heavy atom. The molecular weight excluding hydrogens is 253 g/mol. The summed E-state index contributed by atoms with van der Waals surface area (Å²) in [6.45, 7) is 3.01. The second kappa shape index (κ2) is 7.06. The van der Waals surface area contributed by atoms with Crippen LogP contribution < -0.4 is 5.32 Å². The Hall–Kier alpha value is -1.87. The minimum absolute atomic E-state index is 0.193. The van der Waals surface area contributed by atoms with Crippen molar-refractivity contribution in [2.45, 2.75) is 25.8 Å². The first-order valence-corrected chi connectivity index (χ1v) is 6.89. The maximum Gasteiger partial charge on any atom is 0.123 e. The van der Waals surface area contributed by atoms with Crippen molar-refractivity contribution in [2.75, 3.05) is 6.54 Å². The van der Waals surface area contributed by atoms with E-state index in [9.17, 15) is 9.50 Å². The van der Waals surface area contributed by atoms with Crippen LogP contribution in [0.2, 0.25) is 0 Å². The number of rotatable bonds is 6. The highest BCUT2D eigenvalue weighted by Crippen LogP contribution is 2.10. The molecule has 0 fully saturated rings. The predicted molar refractivity (Wildman–Crippen MR) is 79.4 cm³/mol. The van der Waals surface area contributed by atoms with Crippen LogP contribution in [-0.4, -0.2) is 17.7 Å². The molecule has 3 heteroatoms. The standard InChI is InChI=1S/C17H20FNO/c1-13(12-15-2-6-16(18)7-3-15)19-11-10-14-4-8-17(20)9-5-14/h2-9,13,19-20H,10-12H2,1H3. The van der Waals surface area contributed by atoms with Crippen LogP contribution in [0.15, 0.2) is 48.5 Å². The summed E-state index contributed by atoms with van der Waals surface area (Å²) in [5.74, 6) is 0.105. The van der Waals surface area contributed by atoms with E-state index >= 15 is 0 Å². The van der Waals surface area contributed by atoms with Gasteiger partial charge in [0, 0.05) is 6.04 Å². The maximum absolute atomic E-state index is 12.8. The van der Waals surface area contributed by atoms with Crippen LogP contribution in [0.25, 0.3) is 0 Å². The minimum Gasteiger partial charge on any atom is -0.508 e. The third kappa shape index (κ3) is 4.67. The molecule has 2 N–H and O–H groups in total. The van der Waals surface area contributed by atoms with Crippen molar-refractivity contribution in [3.8, 4) is 5.75 Å². The maximum atomic E-state index is 12.8. The molecular formula is C17H20FNO. The molecule has 0 aliphatic rings. The second-order valence-corrected chi connectivity index (χ2v) is 5.10. The van der Waals surface area contributed by atoms with E-state index in [0.29, 0.717) is 11.8 Å². The van der Waals surface area contributed by atoms with Gasteiger partial charge in [0.25, 0.3) is 0 Å². The average Bonchev–Trinajstić information content (AvgIpc) is 2.44. The van der Waals surface area contributed by atoms with Crippen molar-refractivity contribution >= 4 is 0 Å². The van der Waals surface area contributed by atoms with Gasteiger partial charge in [0.2, 0.25) is 0 Å². The molecule has 2 rings (SSSR count). The summed E-state index contributed by atoms with van der Waals surface area (Å²) < 4.78 is 12.8. The van der Waals surface area contributed by atoms with Crippen LogP contribution in [0.1, 0.15) is 18.1 Å². The molecule has 1 unspecified atom stereocenters. The molecule has 0 aromatic heterocycles. The summed E-state index contributed by atoms with van der Waals surface area (Å²) in [5.41, 5.74) is 2.33. The van der Waals surface area contributed by atoms with Crippen LogP contribution >= 0.6 is 0 Å². The molecule has 0 bridgehead atoms. The number of hydrogen-bond donors (Lipinski definition) is 2. The van der Waals surface area contributed by atoms with Gasteiger partial charge >= 0.3 is 0 Å². The lowest BCUT2D eigenvalue weighted by Gasteiger charge is -2.14. The Morgan fingerprint density at radius 3 is 2.25 bits per heavy atom. The Labute approximate surface area is 119 Å². The molecule has 0 aliphatic carbocycles. The monoisotopic (exact) mass is 273 g/mol. The normalized spacial score (nSPS) is 12.3. The summed E-state index contributed by atoms with van der Waals surface area (Å²) in [7, 11) is 0. The van der Waals surface area contributed by atoms with E-state index < -0.39 is 0 Å². The van der Waals surface area contributed by atoms with Gasteiger partial charge in [-0.1, -0.05) is 24.3 Å². The van der Waals surface area contributed by atoms with Crippen molar-refractivity contribution in [1.29, 1.82) is 0 Å².